The van der Waals surface area contributed by atoms with E-state index in [0.29, 0.717) is 0 Å². The summed E-state index contributed by atoms with van der Waals surface area (Å²) >= 11 is 0. The number of rotatable bonds is 3. The molecule has 0 bridgehead atoms. The molecule has 5 aromatic rings. The van der Waals surface area contributed by atoms with Gasteiger partial charge in [-0.15, -0.1) is 0 Å². The molecule has 6 rings (SSSR count). The molecule has 0 amide bonds. The van der Waals surface area contributed by atoms with Crippen molar-refractivity contribution in [3.8, 4) is 16.9 Å². The smallest absolute Gasteiger partial charge is 0.398 e. The number of benzene rings is 3. The molecule has 4 nitrogen and oxygen atoms in total. The topological polar surface area (TPSA) is 36.3 Å². The molecular formula is C45H59BN2O2. The van der Waals surface area contributed by atoms with Crippen LogP contribution in [0.25, 0.3) is 38.8 Å². The van der Waals surface area contributed by atoms with Crippen LogP contribution in [0.5, 0.6) is 0 Å². The summed E-state index contributed by atoms with van der Waals surface area (Å²) < 4.78 is 15.7. The van der Waals surface area contributed by atoms with E-state index in [4.69, 9.17) is 14.3 Å². The fraction of sp³-hybridized carbons (Fsp3) is 0.489. The van der Waals surface area contributed by atoms with Gasteiger partial charge in [-0.1, -0.05) is 113 Å². The first-order valence-electron chi connectivity index (χ1n) is 18.4. The molecule has 0 aliphatic carbocycles. The summed E-state index contributed by atoms with van der Waals surface area (Å²) in [5.41, 5.74) is 9.66. The van der Waals surface area contributed by atoms with Gasteiger partial charge in [0.15, 0.2) is 0 Å². The minimum absolute atomic E-state index is 0.0111. The Bertz CT molecular complexity index is 1990. The summed E-state index contributed by atoms with van der Waals surface area (Å²) in [7, 11) is -0.598. The van der Waals surface area contributed by atoms with E-state index in [0.717, 1.165) is 28.0 Å². The molecule has 3 aromatic carbocycles. The Labute approximate surface area is 302 Å². The van der Waals surface area contributed by atoms with Gasteiger partial charge in [0.2, 0.25) is 0 Å². The van der Waals surface area contributed by atoms with Gasteiger partial charge in [0, 0.05) is 10.8 Å². The molecule has 1 aliphatic heterocycles. The number of hydrogen-bond acceptors (Lipinski definition) is 3. The van der Waals surface area contributed by atoms with Gasteiger partial charge in [0.25, 0.3) is 0 Å². The summed E-state index contributed by atoms with van der Waals surface area (Å²) in [4.78, 5) is 5.41. The summed E-state index contributed by atoms with van der Waals surface area (Å²) in [5.74, 6) is 0.859. The first kappa shape index (κ1) is 36.4. The lowest BCUT2D eigenvalue weighted by atomic mass is 9.78. The number of pyridine rings is 1. The SMILES string of the molecule is CC(C)(C)c1cc(-c2cc(B3OC(C)(C)C(C)(C)O3)nc(-n3c4ccc(C(C)(C)C)cc4c4cc(C(C)(C)C)ccc43)c2)cc(C(C)(C)C)c1. The molecule has 1 fully saturated rings. The third-order valence-corrected chi connectivity index (χ3v) is 11.1. The van der Waals surface area contributed by atoms with Crippen molar-refractivity contribution < 1.29 is 9.31 Å². The molecule has 0 spiro atoms. The number of aromatic nitrogens is 2. The quantitative estimate of drug-likeness (QED) is 0.179. The van der Waals surface area contributed by atoms with Crippen molar-refractivity contribution in [2.24, 2.45) is 0 Å². The maximum atomic E-state index is 6.66. The van der Waals surface area contributed by atoms with Crippen molar-refractivity contribution in [3.63, 3.8) is 0 Å². The first-order chi connectivity index (χ1) is 22.8. The van der Waals surface area contributed by atoms with E-state index in [1.165, 1.54) is 38.6 Å². The van der Waals surface area contributed by atoms with Crippen LogP contribution < -0.4 is 5.59 Å². The lowest BCUT2D eigenvalue weighted by Crippen LogP contribution is -2.41. The molecule has 0 saturated carbocycles. The predicted molar refractivity (Wildman–Crippen MR) is 215 cm³/mol. The molecule has 264 valence electrons. The standard InChI is InChI=1S/C45H59BN2O2/c1-40(2,3)30-17-19-36-34(26-30)35-27-31(41(4,5)6)18-20-37(35)48(36)39-24-29(23-38(47-39)46-49-44(13,14)45(15,16)50-46)28-21-32(42(7,8)9)25-33(22-28)43(10,11)12/h17-27H,1-16H3. The van der Waals surface area contributed by atoms with Gasteiger partial charge >= 0.3 is 7.12 Å². The maximum absolute atomic E-state index is 6.66. The van der Waals surface area contributed by atoms with Gasteiger partial charge < -0.3 is 9.31 Å². The van der Waals surface area contributed by atoms with Crippen LogP contribution in [-0.2, 0) is 31.0 Å². The molecule has 0 N–H and O–H groups in total. The monoisotopic (exact) mass is 670 g/mol. The molecule has 1 saturated heterocycles. The van der Waals surface area contributed by atoms with Crippen molar-refractivity contribution in [2.75, 3.05) is 0 Å². The van der Waals surface area contributed by atoms with E-state index in [-0.39, 0.29) is 21.7 Å². The van der Waals surface area contributed by atoms with Crippen LogP contribution in [0, 0.1) is 0 Å². The highest BCUT2D eigenvalue weighted by molar-refractivity contribution is 6.61. The van der Waals surface area contributed by atoms with Crippen LogP contribution in [-0.4, -0.2) is 27.9 Å². The lowest BCUT2D eigenvalue weighted by Gasteiger charge is -2.32. The van der Waals surface area contributed by atoms with Crippen molar-refractivity contribution >= 4 is 34.5 Å². The fourth-order valence-electron chi connectivity index (χ4n) is 6.77. The Balaban J connectivity index is 1.69. The van der Waals surface area contributed by atoms with Gasteiger partial charge in [0.1, 0.15) is 5.82 Å². The Kier molecular flexibility index (Phi) is 8.41. The Morgan fingerprint density at radius 3 is 1.30 bits per heavy atom. The number of nitrogens with zero attached hydrogens (tertiary/aromatic N) is 2. The molecule has 0 atom stereocenters. The summed E-state index contributed by atoms with van der Waals surface area (Å²) in [6, 6.07) is 25.5. The third kappa shape index (κ3) is 6.57. The van der Waals surface area contributed by atoms with Gasteiger partial charge in [-0.2, -0.15) is 0 Å². The van der Waals surface area contributed by atoms with Gasteiger partial charge in [0.05, 0.1) is 27.8 Å². The van der Waals surface area contributed by atoms with Gasteiger partial charge in [-0.05, 0) is 119 Å². The van der Waals surface area contributed by atoms with Crippen LogP contribution in [0.15, 0.2) is 66.7 Å². The van der Waals surface area contributed by atoms with E-state index < -0.39 is 18.3 Å². The molecule has 3 heterocycles. The largest absolute Gasteiger partial charge is 0.514 e. The lowest BCUT2D eigenvalue weighted by molar-refractivity contribution is 0.00578. The van der Waals surface area contributed by atoms with Gasteiger partial charge in [-0.25, -0.2) is 4.98 Å². The van der Waals surface area contributed by atoms with Crippen LogP contribution in [0.1, 0.15) is 133 Å². The van der Waals surface area contributed by atoms with Gasteiger partial charge in [-0.3, -0.25) is 4.57 Å². The van der Waals surface area contributed by atoms with Crippen LogP contribution in [0.2, 0.25) is 0 Å². The highest BCUT2D eigenvalue weighted by atomic mass is 16.7. The molecule has 0 unspecified atom stereocenters. The Morgan fingerprint density at radius 1 is 0.500 bits per heavy atom. The van der Waals surface area contributed by atoms with Crippen molar-refractivity contribution in [3.05, 3.63) is 89.0 Å². The highest BCUT2D eigenvalue weighted by Crippen LogP contribution is 2.40. The minimum Gasteiger partial charge on any atom is -0.398 e. The third-order valence-electron chi connectivity index (χ3n) is 11.1. The zero-order valence-electron chi connectivity index (χ0n) is 33.6. The van der Waals surface area contributed by atoms with E-state index in [1.807, 2.05) is 0 Å². The summed E-state index contributed by atoms with van der Waals surface area (Å²) in [6.45, 7) is 35.9. The Hall–Kier alpha value is -3.41. The second kappa shape index (κ2) is 11.6. The molecule has 2 aromatic heterocycles. The van der Waals surface area contributed by atoms with Crippen LogP contribution in [0.3, 0.4) is 0 Å². The van der Waals surface area contributed by atoms with E-state index in [2.05, 4.69) is 182 Å². The second-order valence-corrected chi connectivity index (χ2v) is 19.8. The van der Waals surface area contributed by atoms with Crippen molar-refractivity contribution in [1.29, 1.82) is 0 Å². The minimum atomic E-state index is -0.598. The average molecular weight is 671 g/mol. The molecule has 1 aliphatic rings. The number of fused-ring (bicyclic) bond motifs is 3. The molecule has 5 heteroatoms. The van der Waals surface area contributed by atoms with E-state index in [9.17, 15) is 0 Å². The first-order valence-corrected chi connectivity index (χ1v) is 18.4. The van der Waals surface area contributed by atoms with Crippen molar-refractivity contribution in [2.45, 2.75) is 144 Å². The van der Waals surface area contributed by atoms with Crippen molar-refractivity contribution in [1.82, 2.24) is 9.55 Å². The molecule has 0 radical (unpaired) electrons. The zero-order chi connectivity index (χ0) is 37.0. The average Bonchev–Trinajstić information content (AvgIpc) is 3.43. The Morgan fingerprint density at radius 2 is 0.900 bits per heavy atom. The maximum Gasteiger partial charge on any atom is 0.514 e. The molecular weight excluding hydrogens is 611 g/mol. The van der Waals surface area contributed by atoms with Crippen LogP contribution >= 0.6 is 0 Å². The number of hydrogen-bond donors (Lipinski definition) is 0. The second-order valence-electron chi connectivity index (χ2n) is 19.8. The zero-order valence-corrected chi connectivity index (χ0v) is 33.6. The van der Waals surface area contributed by atoms with E-state index >= 15 is 0 Å². The molecule has 50 heavy (non-hydrogen) atoms. The highest BCUT2D eigenvalue weighted by Gasteiger charge is 2.52. The fourth-order valence-corrected chi connectivity index (χ4v) is 6.77. The predicted octanol–water partition coefficient (Wildman–Crippen LogP) is 11.3. The normalized spacial score (nSPS) is 16.9. The van der Waals surface area contributed by atoms with E-state index in [1.54, 1.807) is 0 Å². The summed E-state index contributed by atoms with van der Waals surface area (Å²) in [5, 5.41) is 2.49. The summed E-state index contributed by atoms with van der Waals surface area (Å²) in [6.07, 6.45) is 0. The van der Waals surface area contributed by atoms with Crippen LogP contribution in [0.4, 0.5) is 0 Å².